The van der Waals surface area contributed by atoms with E-state index in [-0.39, 0.29) is 18.0 Å². The van der Waals surface area contributed by atoms with Gasteiger partial charge in [-0.3, -0.25) is 4.79 Å². The van der Waals surface area contributed by atoms with Crippen molar-refractivity contribution in [3.63, 3.8) is 0 Å². The molecule has 174 valence electrons. The highest BCUT2D eigenvalue weighted by molar-refractivity contribution is 9.10. The van der Waals surface area contributed by atoms with Crippen LogP contribution in [0, 0.1) is 17.1 Å². The summed E-state index contributed by atoms with van der Waals surface area (Å²) < 4.78 is 30.6. The van der Waals surface area contributed by atoms with E-state index in [4.69, 9.17) is 14.2 Å². The topological polar surface area (TPSA) is 80.6 Å². The summed E-state index contributed by atoms with van der Waals surface area (Å²) in [7, 11) is 1.48. The fourth-order valence-electron chi connectivity index (χ4n) is 3.03. The monoisotopic (exact) mass is 524 g/mol. The molecule has 3 rings (SSSR count). The molecule has 0 aliphatic rings. The molecule has 0 atom stereocenters. The molecule has 0 spiro atoms. The minimum atomic E-state index is -0.552. The molecule has 0 aliphatic heterocycles. The Hall–Kier alpha value is -3.83. The maximum atomic E-state index is 13.4. The number of nitrogens with one attached hydrogen (secondary N) is 1. The Morgan fingerprint density at radius 1 is 1.12 bits per heavy atom. The molecule has 6 nitrogen and oxygen atoms in total. The molecule has 8 heteroatoms. The Morgan fingerprint density at radius 2 is 1.88 bits per heavy atom. The van der Waals surface area contributed by atoms with E-state index in [0.717, 1.165) is 0 Å². The lowest BCUT2D eigenvalue weighted by Gasteiger charge is -2.13. The fourth-order valence-corrected chi connectivity index (χ4v) is 3.46. The first-order valence-electron chi connectivity index (χ1n) is 10.3. The lowest BCUT2D eigenvalue weighted by molar-refractivity contribution is -0.112. The van der Waals surface area contributed by atoms with Crippen molar-refractivity contribution >= 4 is 33.6 Å². The molecule has 0 radical (unpaired) electrons. The Labute approximate surface area is 205 Å². The average Bonchev–Trinajstić information content (AvgIpc) is 2.83. The summed E-state index contributed by atoms with van der Waals surface area (Å²) in [5.74, 6) is 0.613. The van der Waals surface area contributed by atoms with Gasteiger partial charge in [-0.05, 0) is 72.7 Å². The average molecular weight is 525 g/mol. The van der Waals surface area contributed by atoms with Gasteiger partial charge in [-0.2, -0.15) is 5.26 Å². The summed E-state index contributed by atoms with van der Waals surface area (Å²) in [5.41, 5.74) is 1.66. The smallest absolute Gasteiger partial charge is 0.266 e. The van der Waals surface area contributed by atoms with Crippen LogP contribution in [-0.2, 0) is 11.4 Å². The number of anilines is 1. The molecule has 3 aromatic carbocycles. The highest BCUT2D eigenvalue weighted by Gasteiger charge is 2.14. The lowest BCUT2D eigenvalue weighted by atomic mass is 10.1. The van der Waals surface area contributed by atoms with Gasteiger partial charge in [0.15, 0.2) is 11.5 Å². The minimum absolute atomic E-state index is 0.0925. The molecule has 0 aromatic heterocycles. The van der Waals surface area contributed by atoms with Crippen LogP contribution in [-0.4, -0.2) is 19.6 Å². The highest BCUT2D eigenvalue weighted by atomic mass is 79.9. The molecule has 0 fully saturated rings. The zero-order valence-corrected chi connectivity index (χ0v) is 20.2. The number of rotatable bonds is 9. The Morgan fingerprint density at radius 3 is 2.53 bits per heavy atom. The molecule has 0 saturated heterocycles. The van der Waals surface area contributed by atoms with Crippen LogP contribution in [0.4, 0.5) is 10.1 Å². The van der Waals surface area contributed by atoms with Crippen molar-refractivity contribution in [2.75, 3.05) is 19.0 Å². The zero-order valence-electron chi connectivity index (χ0n) is 18.6. The van der Waals surface area contributed by atoms with Crippen LogP contribution in [0.5, 0.6) is 17.2 Å². The second kappa shape index (κ2) is 11.9. The van der Waals surface area contributed by atoms with Crippen molar-refractivity contribution in [1.29, 1.82) is 5.26 Å². The van der Waals surface area contributed by atoms with Gasteiger partial charge >= 0.3 is 0 Å². The molecule has 1 N–H and O–H groups in total. The molecule has 0 saturated carbocycles. The minimum Gasteiger partial charge on any atom is -0.494 e. The van der Waals surface area contributed by atoms with Crippen LogP contribution in [0.2, 0.25) is 0 Å². The van der Waals surface area contributed by atoms with Crippen LogP contribution in [0.3, 0.4) is 0 Å². The molecule has 0 aliphatic carbocycles. The summed E-state index contributed by atoms with van der Waals surface area (Å²) in [6.45, 7) is 2.57. The number of benzene rings is 3. The van der Waals surface area contributed by atoms with Crippen LogP contribution in [0.15, 0.2) is 70.7 Å². The summed E-state index contributed by atoms with van der Waals surface area (Å²) in [6.07, 6.45) is 1.45. The van der Waals surface area contributed by atoms with Gasteiger partial charge in [-0.1, -0.05) is 28.1 Å². The maximum absolute atomic E-state index is 13.4. The van der Waals surface area contributed by atoms with Crippen molar-refractivity contribution in [2.24, 2.45) is 0 Å². The number of ether oxygens (including phenoxy) is 3. The molecular formula is C26H22BrFN2O4. The van der Waals surface area contributed by atoms with Gasteiger partial charge in [0.25, 0.3) is 5.91 Å². The number of nitrogens with zero attached hydrogens (tertiary/aromatic N) is 1. The number of hydrogen-bond acceptors (Lipinski definition) is 5. The van der Waals surface area contributed by atoms with Crippen LogP contribution >= 0.6 is 15.9 Å². The molecule has 1 amide bonds. The van der Waals surface area contributed by atoms with Gasteiger partial charge < -0.3 is 19.5 Å². The predicted molar refractivity (Wildman–Crippen MR) is 131 cm³/mol. The van der Waals surface area contributed by atoms with Gasteiger partial charge in [0, 0.05) is 10.2 Å². The first kappa shape index (κ1) is 24.8. The summed E-state index contributed by atoms with van der Waals surface area (Å²) in [4.78, 5) is 12.6. The number of methoxy groups -OCH3 is 1. The molecule has 3 aromatic rings. The Kier molecular flexibility index (Phi) is 8.66. The van der Waals surface area contributed by atoms with Gasteiger partial charge in [-0.25, -0.2) is 4.39 Å². The van der Waals surface area contributed by atoms with Gasteiger partial charge in [0.05, 0.1) is 13.7 Å². The number of nitriles is 1. The van der Waals surface area contributed by atoms with Crippen LogP contribution < -0.4 is 19.5 Å². The first-order chi connectivity index (χ1) is 16.4. The van der Waals surface area contributed by atoms with Crippen molar-refractivity contribution in [3.8, 4) is 23.3 Å². The molecule has 0 unspecified atom stereocenters. The van der Waals surface area contributed by atoms with Crippen molar-refractivity contribution in [3.05, 3.63) is 87.7 Å². The molecule has 0 bridgehead atoms. The largest absolute Gasteiger partial charge is 0.494 e. The number of amides is 1. The second-order valence-corrected chi connectivity index (χ2v) is 7.88. The van der Waals surface area contributed by atoms with E-state index < -0.39 is 5.91 Å². The standard InChI is InChI=1S/C26H22BrFN2O4/c1-3-33-22-9-7-21(8-10-22)30-26(31)19(15-29)12-18-13-24(32-2)25(14-23(18)27)34-16-17-5-4-6-20(28)11-17/h4-14H,3,16H2,1-2H3,(H,30,31)/b19-12-. The first-order valence-corrected chi connectivity index (χ1v) is 11.1. The molecule has 34 heavy (non-hydrogen) atoms. The second-order valence-electron chi connectivity index (χ2n) is 7.02. The third-order valence-corrected chi connectivity index (χ3v) is 5.34. The van der Waals surface area contributed by atoms with Crippen LogP contribution in [0.1, 0.15) is 18.1 Å². The third kappa shape index (κ3) is 6.59. The zero-order chi connectivity index (χ0) is 24.5. The van der Waals surface area contributed by atoms with E-state index >= 15 is 0 Å². The SMILES string of the molecule is CCOc1ccc(NC(=O)/C(C#N)=C\c2cc(OC)c(OCc3cccc(F)c3)cc2Br)cc1. The van der Waals surface area contributed by atoms with Crippen LogP contribution in [0.25, 0.3) is 6.08 Å². The van der Waals surface area contributed by atoms with E-state index in [9.17, 15) is 14.4 Å². The third-order valence-electron chi connectivity index (χ3n) is 4.65. The predicted octanol–water partition coefficient (Wildman–Crippen LogP) is 6.12. The quantitative estimate of drug-likeness (QED) is 0.269. The number of halogens is 2. The van der Waals surface area contributed by atoms with Crippen molar-refractivity contribution < 1.29 is 23.4 Å². The lowest BCUT2D eigenvalue weighted by Crippen LogP contribution is -2.13. The Balaban J connectivity index is 1.78. The van der Waals surface area contributed by atoms with E-state index in [1.807, 2.05) is 13.0 Å². The normalized spacial score (nSPS) is 10.9. The summed E-state index contributed by atoms with van der Waals surface area (Å²) in [5, 5.41) is 12.3. The summed E-state index contributed by atoms with van der Waals surface area (Å²) in [6, 6.07) is 18.2. The highest BCUT2D eigenvalue weighted by Crippen LogP contribution is 2.35. The molecular weight excluding hydrogens is 503 g/mol. The fraction of sp³-hybridized carbons (Fsp3) is 0.154. The number of carbonyl (C=O) groups is 1. The van der Waals surface area contributed by atoms with Crippen molar-refractivity contribution in [2.45, 2.75) is 13.5 Å². The molecule has 0 heterocycles. The maximum Gasteiger partial charge on any atom is 0.266 e. The Bertz CT molecular complexity index is 1240. The van der Waals surface area contributed by atoms with E-state index in [1.54, 1.807) is 48.5 Å². The van der Waals surface area contributed by atoms with E-state index in [1.165, 1.54) is 25.3 Å². The van der Waals surface area contributed by atoms with Gasteiger partial charge in [0.2, 0.25) is 0 Å². The van der Waals surface area contributed by atoms with Gasteiger partial charge in [-0.15, -0.1) is 0 Å². The number of carbonyl (C=O) groups excluding carboxylic acids is 1. The van der Waals surface area contributed by atoms with E-state index in [2.05, 4.69) is 21.2 Å². The van der Waals surface area contributed by atoms with Gasteiger partial charge in [0.1, 0.15) is 29.8 Å². The number of hydrogen-bond donors (Lipinski definition) is 1. The van der Waals surface area contributed by atoms with Crippen molar-refractivity contribution in [1.82, 2.24) is 0 Å². The summed E-state index contributed by atoms with van der Waals surface area (Å²) >= 11 is 3.45. The van der Waals surface area contributed by atoms with E-state index in [0.29, 0.717) is 45.1 Å².